The molecule has 1 aliphatic rings. The Labute approximate surface area is 171 Å². The van der Waals surface area contributed by atoms with Crippen molar-refractivity contribution in [3.8, 4) is 0 Å². The lowest BCUT2D eigenvalue weighted by molar-refractivity contribution is 0.0730. The van der Waals surface area contributed by atoms with Crippen LogP contribution in [0.2, 0.25) is 0 Å². The zero-order valence-corrected chi connectivity index (χ0v) is 17.9. The lowest BCUT2D eigenvalue weighted by Crippen LogP contribution is -2.41. The van der Waals surface area contributed by atoms with Crippen LogP contribution in [0.5, 0.6) is 0 Å². The Morgan fingerprint density at radius 3 is 2.43 bits per heavy atom. The number of nitrogens with zero attached hydrogens (tertiary/aromatic N) is 1. The van der Waals surface area contributed by atoms with Crippen LogP contribution in [0.15, 0.2) is 41.3 Å². The summed E-state index contributed by atoms with van der Waals surface area (Å²) in [6.07, 6.45) is 0. The van der Waals surface area contributed by atoms with E-state index < -0.39 is 10.0 Å². The molecule has 2 aromatic carbocycles. The number of ether oxygens (including phenoxy) is 1. The first kappa shape index (κ1) is 20.7. The molecule has 0 atom stereocenters. The number of nitrogens with one attached hydrogen (secondary N) is 2. The monoisotopic (exact) mass is 419 g/mol. The van der Waals surface area contributed by atoms with Gasteiger partial charge >= 0.3 is 0 Å². The van der Waals surface area contributed by atoms with Gasteiger partial charge in [0.05, 0.1) is 18.9 Å². The zero-order chi connectivity index (χ0) is 20.3. The largest absolute Gasteiger partial charge is 0.379 e. The summed E-state index contributed by atoms with van der Waals surface area (Å²) in [6, 6.07) is 11.2. The second-order valence-corrected chi connectivity index (χ2v) is 9.16. The van der Waals surface area contributed by atoms with Crippen LogP contribution in [0.25, 0.3) is 0 Å². The topological polar surface area (TPSA) is 70.7 Å². The molecule has 0 spiro atoms. The fourth-order valence-corrected chi connectivity index (χ4v) is 4.89. The molecular formula is C20H25N3O3S2. The van der Waals surface area contributed by atoms with Crippen molar-refractivity contribution in [3.63, 3.8) is 0 Å². The van der Waals surface area contributed by atoms with Gasteiger partial charge in [0.25, 0.3) is 0 Å². The summed E-state index contributed by atoms with van der Waals surface area (Å²) in [5.41, 5.74) is 4.46. The molecule has 6 nitrogen and oxygen atoms in total. The van der Waals surface area contributed by atoms with E-state index >= 15 is 0 Å². The number of aryl methyl sites for hydroxylation is 2. The lowest BCUT2D eigenvalue weighted by Gasteiger charge is -2.27. The van der Waals surface area contributed by atoms with E-state index in [-0.39, 0.29) is 4.90 Å². The van der Waals surface area contributed by atoms with Gasteiger partial charge in [-0.15, -0.1) is 0 Å². The standard InChI is InChI=1S/C20H25N3O3S2/c1-14-7-8-18(19(13-14)28(24,25)23-9-11-26-12-10-23)22-20(27)21-17-6-4-5-15(2)16(17)3/h4-8,13H,9-12H2,1-3H3,(H2,21,22,27). The van der Waals surface area contributed by atoms with Gasteiger partial charge in [0.2, 0.25) is 10.0 Å². The first-order valence-corrected chi connectivity index (χ1v) is 11.0. The van der Waals surface area contributed by atoms with Crippen molar-refractivity contribution in [2.45, 2.75) is 25.7 Å². The van der Waals surface area contributed by atoms with Gasteiger partial charge in [-0.2, -0.15) is 4.31 Å². The Hall–Kier alpha value is -2.00. The van der Waals surface area contributed by atoms with E-state index in [4.69, 9.17) is 17.0 Å². The lowest BCUT2D eigenvalue weighted by atomic mass is 10.1. The second-order valence-electron chi connectivity index (χ2n) is 6.84. The molecule has 8 heteroatoms. The molecule has 1 saturated heterocycles. The molecule has 3 rings (SSSR count). The predicted octanol–water partition coefficient (Wildman–Crippen LogP) is 3.44. The van der Waals surface area contributed by atoms with Crippen LogP contribution in [0, 0.1) is 20.8 Å². The number of hydrogen-bond donors (Lipinski definition) is 2. The van der Waals surface area contributed by atoms with Gasteiger partial charge in [-0.3, -0.25) is 0 Å². The third kappa shape index (κ3) is 4.52. The Kier molecular flexibility index (Phi) is 6.34. The second kappa shape index (κ2) is 8.57. The molecule has 28 heavy (non-hydrogen) atoms. The van der Waals surface area contributed by atoms with Gasteiger partial charge < -0.3 is 15.4 Å². The summed E-state index contributed by atoms with van der Waals surface area (Å²) in [5, 5.41) is 6.57. The molecule has 0 aromatic heterocycles. The average molecular weight is 420 g/mol. The highest BCUT2D eigenvalue weighted by molar-refractivity contribution is 7.89. The van der Waals surface area contributed by atoms with Crippen LogP contribution in [0.3, 0.4) is 0 Å². The van der Waals surface area contributed by atoms with E-state index in [1.165, 1.54) is 4.31 Å². The maximum Gasteiger partial charge on any atom is 0.245 e. The van der Waals surface area contributed by atoms with Gasteiger partial charge in [0.1, 0.15) is 4.90 Å². The number of rotatable bonds is 4. The first-order valence-electron chi connectivity index (χ1n) is 9.12. The molecular weight excluding hydrogens is 394 g/mol. The Morgan fingerprint density at radius 1 is 1.04 bits per heavy atom. The van der Waals surface area contributed by atoms with Crippen LogP contribution in [0.4, 0.5) is 11.4 Å². The molecule has 0 bridgehead atoms. The zero-order valence-electron chi connectivity index (χ0n) is 16.3. The summed E-state index contributed by atoms with van der Waals surface area (Å²) in [6.45, 7) is 7.42. The SMILES string of the molecule is Cc1ccc(NC(=S)Nc2cccc(C)c2C)c(S(=O)(=O)N2CCOCC2)c1. The number of anilines is 2. The number of hydrogen-bond acceptors (Lipinski definition) is 4. The van der Waals surface area contributed by atoms with Crippen LogP contribution >= 0.6 is 12.2 Å². The maximum absolute atomic E-state index is 13.2. The summed E-state index contributed by atoms with van der Waals surface area (Å²) in [7, 11) is -3.65. The minimum atomic E-state index is -3.65. The van der Waals surface area contributed by atoms with Gasteiger partial charge in [0, 0.05) is 18.8 Å². The maximum atomic E-state index is 13.2. The van der Waals surface area contributed by atoms with Gasteiger partial charge in [-0.1, -0.05) is 18.2 Å². The number of benzene rings is 2. The van der Waals surface area contributed by atoms with Crippen molar-refractivity contribution in [1.29, 1.82) is 0 Å². The molecule has 1 fully saturated rings. The molecule has 0 unspecified atom stereocenters. The van der Waals surface area contributed by atoms with Crippen LogP contribution in [0.1, 0.15) is 16.7 Å². The van der Waals surface area contributed by atoms with Crippen molar-refractivity contribution in [1.82, 2.24) is 4.31 Å². The highest BCUT2D eigenvalue weighted by atomic mass is 32.2. The van der Waals surface area contributed by atoms with E-state index in [2.05, 4.69) is 10.6 Å². The number of thiocarbonyl (C=S) groups is 1. The van der Waals surface area contributed by atoms with Crippen molar-refractivity contribution >= 4 is 38.7 Å². The van der Waals surface area contributed by atoms with Crippen molar-refractivity contribution in [3.05, 3.63) is 53.1 Å². The minimum absolute atomic E-state index is 0.222. The molecule has 2 N–H and O–H groups in total. The fourth-order valence-electron chi connectivity index (χ4n) is 3.03. The molecule has 150 valence electrons. The third-order valence-corrected chi connectivity index (χ3v) is 6.97. The molecule has 1 heterocycles. The normalized spacial score (nSPS) is 15.2. The van der Waals surface area contributed by atoms with E-state index in [0.717, 1.165) is 22.4 Å². The first-order chi connectivity index (χ1) is 13.3. The summed E-state index contributed by atoms with van der Waals surface area (Å²) < 4.78 is 33.1. The van der Waals surface area contributed by atoms with Crippen molar-refractivity contribution in [2.24, 2.45) is 0 Å². The van der Waals surface area contributed by atoms with Crippen LogP contribution < -0.4 is 10.6 Å². The number of sulfonamides is 1. The molecule has 0 saturated carbocycles. The van der Waals surface area contributed by atoms with Crippen molar-refractivity contribution in [2.75, 3.05) is 36.9 Å². The molecule has 0 radical (unpaired) electrons. The summed E-state index contributed by atoms with van der Waals surface area (Å²) in [4.78, 5) is 0.222. The van der Waals surface area contributed by atoms with E-state index in [1.807, 2.05) is 45.0 Å². The van der Waals surface area contributed by atoms with Crippen molar-refractivity contribution < 1.29 is 13.2 Å². The van der Waals surface area contributed by atoms with E-state index in [0.29, 0.717) is 37.1 Å². The number of morpholine rings is 1. The summed E-state index contributed by atoms with van der Waals surface area (Å²) in [5.74, 6) is 0. The third-order valence-electron chi connectivity index (χ3n) is 4.83. The Balaban J connectivity index is 1.86. The van der Waals surface area contributed by atoms with Gasteiger partial charge in [-0.25, -0.2) is 8.42 Å². The smallest absolute Gasteiger partial charge is 0.245 e. The van der Waals surface area contributed by atoms with Gasteiger partial charge in [-0.05, 0) is 67.9 Å². The highest BCUT2D eigenvalue weighted by Crippen LogP contribution is 2.27. The quantitative estimate of drug-likeness (QED) is 0.740. The molecule has 0 aliphatic carbocycles. The molecule has 1 aliphatic heterocycles. The fraction of sp³-hybridized carbons (Fsp3) is 0.350. The van der Waals surface area contributed by atoms with Crippen LogP contribution in [-0.4, -0.2) is 44.1 Å². The van der Waals surface area contributed by atoms with Gasteiger partial charge in [0.15, 0.2) is 5.11 Å². The highest BCUT2D eigenvalue weighted by Gasteiger charge is 2.29. The summed E-state index contributed by atoms with van der Waals surface area (Å²) >= 11 is 5.44. The Morgan fingerprint density at radius 2 is 1.71 bits per heavy atom. The van der Waals surface area contributed by atoms with Crippen LogP contribution in [-0.2, 0) is 14.8 Å². The molecule has 2 aromatic rings. The van der Waals surface area contributed by atoms with E-state index in [1.54, 1.807) is 12.1 Å². The van der Waals surface area contributed by atoms with E-state index in [9.17, 15) is 8.42 Å². The predicted molar refractivity (Wildman–Crippen MR) is 117 cm³/mol. The molecule has 0 amide bonds. The Bertz CT molecular complexity index is 984. The minimum Gasteiger partial charge on any atom is -0.379 e. The average Bonchev–Trinajstić information content (AvgIpc) is 2.67.